The average molecular weight is 281 g/mol. The van der Waals surface area contributed by atoms with Crippen LogP contribution >= 0.6 is 15.9 Å². The molecule has 0 aromatic heterocycles. The van der Waals surface area contributed by atoms with E-state index in [9.17, 15) is 4.79 Å². The van der Waals surface area contributed by atoms with Crippen LogP contribution < -0.4 is 11.1 Å². The largest absolute Gasteiger partial charge is 0.398 e. The summed E-state index contributed by atoms with van der Waals surface area (Å²) in [5.41, 5.74) is 6.80. The van der Waals surface area contributed by atoms with E-state index in [1.165, 1.54) is 0 Å². The van der Waals surface area contributed by atoms with Gasteiger partial charge in [0, 0.05) is 28.7 Å². The summed E-state index contributed by atoms with van der Waals surface area (Å²) < 4.78 is 0.792. The van der Waals surface area contributed by atoms with Crippen LogP contribution in [0, 0.1) is 11.8 Å². The second-order valence-electron chi connectivity index (χ2n) is 3.17. The lowest BCUT2D eigenvalue weighted by Crippen LogP contribution is -2.24. The molecule has 1 rings (SSSR count). The maximum Gasteiger partial charge on any atom is 0.251 e. The van der Waals surface area contributed by atoms with E-state index in [4.69, 9.17) is 5.73 Å². The summed E-state index contributed by atoms with van der Waals surface area (Å²) in [6.45, 7) is 2.33. The van der Waals surface area contributed by atoms with E-state index in [0.717, 1.165) is 4.47 Å². The molecule has 0 aliphatic rings. The predicted octanol–water partition coefficient (Wildman–Crippen LogP) is 2.17. The third-order valence-corrected chi connectivity index (χ3v) is 2.69. The molecular weight excluding hydrogens is 268 g/mol. The van der Waals surface area contributed by atoms with E-state index >= 15 is 0 Å². The van der Waals surface area contributed by atoms with Gasteiger partial charge in [0.05, 0.1) is 0 Å². The van der Waals surface area contributed by atoms with E-state index < -0.39 is 0 Å². The summed E-state index contributed by atoms with van der Waals surface area (Å²) >= 11 is 3.28. The molecule has 0 aliphatic carbocycles. The highest BCUT2D eigenvalue weighted by atomic mass is 79.9. The molecule has 0 spiro atoms. The molecule has 1 aromatic carbocycles. The Balaban J connectivity index is 2.58. The van der Waals surface area contributed by atoms with Crippen LogP contribution in [0.3, 0.4) is 0 Å². The summed E-state index contributed by atoms with van der Waals surface area (Å²) in [6.07, 6.45) is 0.661. The van der Waals surface area contributed by atoms with E-state index in [1.54, 1.807) is 25.1 Å². The Bertz CT molecular complexity index is 446. The van der Waals surface area contributed by atoms with Gasteiger partial charge in [0.2, 0.25) is 0 Å². The fourth-order valence-corrected chi connectivity index (χ4v) is 1.40. The number of halogens is 1. The Labute approximate surface area is 104 Å². The maximum atomic E-state index is 11.6. The van der Waals surface area contributed by atoms with Crippen molar-refractivity contribution in [3.05, 3.63) is 28.2 Å². The lowest BCUT2D eigenvalue weighted by Gasteiger charge is -2.04. The molecule has 0 atom stereocenters. The Morgan fingerprint density at radius 2 is 2.31 bits per heavy atom. The molecule has 0 fully saturated rings. The monoisotopic (exact) mass is 280 g/mol. The SMILES string of the molecule is CC#CCCNC(=O)c1ccc(Br)c(N)c1. The van der Waals surface area contributed by atoms with Crippen molar-refractivity contribution in [3.8, 4) is 11.8 Å². The minimum absolute atomic E-state index is 0.128. The molecule has 1 aromatic rings. The number of benzene rings is 1. The molecule has 0 radical (unpaired) electrons. The van der Waals surface area contributed by atoms with E-state index in [2.05, 4.69) is 33.1 Å². The molecule has 4 heteroatoms. The number of nitrogens with one attached hydrogen (secondary N) is 1. The molecule has 84 valence electrons. The molecule has 1 amide bonds. The maximum absolute atomic E-state index is 11.6. The van der Waals surface area contributed by atoms with Gasteiger partial charge < -0.3 is 11.1 Å². The topological polar surface area (TPSA) is 55.1 Å². The zero-order valence-corrected chi connectivity index (χ0v) is 10.6. The number of rotatable bonds is 3. The highest BCUT2D eigenvalue weighted by molar-refractivity contribution is 9.10. The fraction of sp³-hybridized carbons (Fsp3) is 0.250. The van der Waals surface area contributed by atoms with Crippen LogP contribution in [-0.4, -0.2) is 12.5 Å². The zero-order chi connectivity index (χ0) is 12.0. The van der Waals surface area contributed by atoms with Gasteiger partial charge in [-0.1, -0.05) is 0 Å². The van der Waals surface area contributed by atoms with Crippen LogP contribution in [0.2, 0.25) is 0 Å². The van der Waals surface area contributed by atoms with E-state index in [1.807, 2.05) is 0 Å². The molecule has 0 bridgehead atoms. The van der Waals surface area contributed by atoms with Crippen molar-refractivity contribution >= 4 is 27.5 Å². The normalized spacial score (nSPS) is 9.12. The number of nitrogen functional groups attached to an aromatic ring is 1. The highest BCUT2D eigenvalue weighted by Crippen LogP contribution is 2.19. The molecule has 3 nitrogen and oxygen atoms in total. The minimum atomic E-state index is -0.128. The van der Waals surface area contributed by atoms with Crippen molar-refractivity contribution in [1.29, 1.82) is 0 Å². The lowest BCUT2D eigenvalue weighted by atomic mass is 10.2. The second-order valence-corrected chi connectivity index (χ2v) is 4.02. The number of carbonyl (C=O) groups excluding carboxylic acids is 1. The zero-order valence-electron chi connectivity index (χ0n) is 9.01. The molecule has 0 saturated heterocycles. The first-order valence-corrected chi connectivity index (χ1v) is 5.67. The van der Waals surface area contributed by atoms with Crippen LogP contribution in [-0.2, 0) is 0 Å². The Kier molecular flexibility index (Phi) is 4.87. The van der Waals surface area contributed by atoms with Gasteiger partial charge in [-0.3, -0.25) is 4.79 Å². The van der Waals surface area contributed by atoms with Gasteiger partial charge in [0.1, 0.15) is 0 Å². The number of hydrogen-bond donors (Lipinski definition) is 2. The van der Waals surface area contributed by atoms with Crippen molar-refractivity contribution in [3.63, 3.8) is 0 Å². The van der Waals surface area contributed by atoms with Crippen LogP contribution in [0.15, 0.2) is 22.7 Å². The Morgan fingerprint density at radius 1 is 1.56 bits per heavy atom. The number of amides is 1. The molecule has 0 heterocycles. The molecule has 0 unspecified atom stereocenters. The summed E-state index contributed by atoms with van der Waals surface area (Å²) in [5.74, 6) is 5.52. The van der Waals surface area contributed by atoms with Crippen LogP contribution in [0.1, 0.15) is 23.7 Å². The fourth-order valence-electron chi connectivity index (χ4n) is 1.15. The molecule has 0 saturated carbocycles. The Morgan fingerprint density at radius 3 is 2.94 bits per heavy atom. The summed E-state index contributed by atoms with van der Waals surface area (Å²) in [7, 11) is 0. The first kappa shape index (κ1) is 12.6. The highest BCUT2D eigenvalue weighted by Gasteiger charge is 2.05. The second kappa shape index (κ2) is 6.19. The number of nitrogens with two attached hydrogens (primary N) is 1. The third kappa shape index (κ3) is 3.59. The molecule has 0 aliphatic heterocycles. The molecule has 16 heavy (non-hydrogen) atoms. The van der Waals surface area contributed by atoms with Crippen molar-refractivity contribution in [2.75, 3.05) is 12.3 Å². The van der Waals surface area contributed by atoms with Gasteiger partial charge in [0.25, 0.3) is 5.91 Å². The first-order valence-electron chi connectivity index (χ1n) is 4.88. The van der Waals surface area contributed by atoms with Gasteiger partial charge in [-0.2, -0.15) is 0 Å². The number of anilines is 1. The molecular formula is C12H13BrN2O. The first-order chi connectivity index (χ1) is 7.65. The van der Waals surface area contributed by atoms with Crippen LogP contribution in [0.4, 0.5) is 5.69 Å². The predicted molar refractivity (Wildman–Crippen MR) is 69.0 cm³/mol. The van der Waals surface area contributed by atoms with E-state index in [0.29, 0.717) is 24.2 Å². The van der Waals surface area contributed by atoms with Crippen LogP contribution in [0.25, 0.3) is 0 Å². The number of hydrogen-bond acceptors (Lipinski definition) is 2. The van der Waals surface area contributed by atoms with Gasteiger partial charge in [-0.15, -0.1) is 11.8 Å². The van der Waals surface area contributed by atoms with Gasteiger partial charge >= 0.3 is 0 Å². The van der Waals surface area contributed by atoms with Gasteiger partial charge in [-0.05, 0) is 41.1 Å². The summed E-state index contributed by atoms with van der Waals surface area (Å²) in [6, 6.07) is 5.13. The minimum Gasteiger partial charge on any atom is -0.398 e. The van der Waals surface area contributed by atoms with Crippen molar-refractivity contribution in [2.45, 2.75) is 13.3 Å². The van der Waals surface area contributed by atoms with Crippen LogP contribution in [0.5, 0.6) is 0 Å². The quantitative estimate of drug-likeness (QED) is 0.507. The van der Waals surface area contributed by atoms with Crippen molar-refractivity contribution < 1.29 is 4.79 Å². The van der Waals surface area contributed by atoms with Crippen molar-refractivity contribution in [2.24, 2.45) is 0 Å². The average Bonchev–Trinajstić information content (AvgIpc) is 2.28. The van der Waals surface area contributed by atoms with E-state index in [-0.39, 0.29) is 5.91 Å². The Hall–Kier alpha value is -1.47. The third-order valence-electron chi connectivity index (χ3n) is 1.97. The number of carbonyl (C=O) groups is 1. The van der Waals surface area contributed by atoms with Gasteiger partial charge in [-0.25, -0.2) is 0 Å². The smallest absolute Gasteiger partial charge is 0.251 e. The van der Waals surface area contributed by atoms with Crippen molar-refractivity contribution in [1.82, 2.24) is 5.32 Å². The lowest BCUT2D eigenvalue weighted by molar-refractivity contribution is 0.0954. The standard InChI is InChI=1S/C12H13BrN2O/c1-2-3-4-7-15-12(16)9-5-6-10(13)11(14)8-9/h5-6,8H,4,7,14H2,1H3,(H,15,16). The van der Waals surface area contributed by atoms with Gasteiger partial charge in [0.15, 0.2) is 0 Å². The molecule has 3 N–H and O–H groups in total. The summed E-state index contributed by atoms with van der Waals surface area (Å²) in [5, 5.41) is 2.77. The summed E-state index contributed by atoms with van der Waals surface area (Å²) in [4.78, 5) is 11.6.